The zero-order valence-electron chi connectivity index (χ0n) is 13.3. The summed E-state index contributed by atoms with van der Waals surface area (Å²) in [5.74, 6) is 2.52. The molecule has 0 bridgehead atoms. The Labute approximate surface area is 126 Å². The third-order valence-electron chi connectivity index (χ3n) is 4.59. The summed E-state index contributed by atoms with van der Waals surface area (Å²) < 4.78 is 4.02. The number of nitrogens with two attached hydrogens (primary N) is 1. The zero-order chi connectivity index (χ0) is 15.0. The Morgan fingerprint density at radius 1 is 1.29 bits per heavy atom. The number of anilines is 1. The van der Waals surface area contributed by atoms with Crippen molar-refractivity contribution < 1.29 is 0 Å². The molecule has 5 nitrogen and oxygen atoms in total. The van der Waals surface area contributed by atoms with Crippen molar-refractivity contribution in [3.63, 3.8) is 0 Å². The number of imidazole rings is 1. The lowest BCUT2D eigenvalue weighted by molar-refractivity contribution is 0.418. The second-order valence-corrected chi connectivity index (χ2v) is 6.08. The molecular weight excluding hydrogens is 262 g/mol. The van der Waals surface area contributed by atoms with Gasteiger partial charge in [0.1, 0.15) is 17.3 Å². The molecule has 21 heavy (non-hydrogen) atoms. The van der Waals surface area contributed by atoms with E-state index in [-0.39, 0.29) is 0 Å². The monoisotopic (exact) mass is 287 g/mol. The van der Waals surface area contributed by atoms with Crippen molar-refractivity contribution >= 4 is 5.82 Å². The predicted octanol–water partition coefficient (Wildman–Crippen LogP) is 3.24. The van der Waals surface area contributed by atoms with E-state index in [1.165, 1.54) is 37.9 Å². The smallest absolute Gasteiger partial charge is 0.131 e. The maximum atomic E-state index is 6.39. The van der Waals surface area contributed by atoms with E-state index in [2.05, 4.69) is 16.6 Å². The normalized spacial score (nSPS) is 16.5. The molecule has 2 N–H and O–H groups in total. The van der Waals surface area contributed by atoms with E-state index < -0.39 is 0 Å². The molecular formula is C16H25N5. The van der Waals surface area contributed by atoms with Crippen LogP contribution < -0.4 is 5.73 Å². The molecule has 2 aromatic heterocycles. The summed E-state index contributed by atoms with van der Waals surface area (Å²) in [7, 11) is 1.94. The van der Waals surface area contributed by atoms with Crippen LogP contribution in [0.3, 0.4) is 0 Å². The highest BCUT2D eigenvalue weighted by molar-refractivity contribution is 5.72. The van der Waals surface area contributed by atoms with Gasteiger partial charge in [-0.1, -0.05) is 19.3 Å². The van der Waals surface area contributed by atoms with E-state index >= 15 is 0 Å². The first-order valence-corrected chi connectivity index (χ1v) is 7.98. The summed E-state index contributed by atoms with van der Waals surface area (Å²) in [5.41, 5.74) is 9.34. The van der Waals surface area contributed by atoms with Gasteiger partial charge in [0.05, 0.1) is 5.69 Å². The first kappa shape index (κ1) is 14.2. The largest absolute Gasteiger partial charge is 0.383 e. The Hall–Kier alpha value is -1.78. The molecule has 0 aromatic carbocycles. The Kier molecular flexibility index (Phi) is 3.74. The van der Waals surface area contributed by atoms with Crippen LogP contribution in [0.1, 0.15) is 56.5 Å². The number of hydrogen-bond acceptors (Lipinski definition) is 3. The van der Waals surface area contributed by atoms with Gasteiger partial charge >= 0.3 is 0 Å². The van der Waals surface area contributed by atoms with Crippen molar-refractivity contribution in [1.29, 1.82) is 0 Å². The molecule has 0 saturated heterocycles. The topological polar surface area (TPSA) is 61.7 Å². The molecule has 0 aliphatic heterocycles. The van der Waals surface area contributed by atoms with Crippen LogP contribution in [0.2, 0.25) is 0 Å². The predicted molar refractivity (Wildman–Crippen MR) is 85.1 cm³/mol. The van der Waals surface area contributed by atoms with Crippen LogP contribution >= 0.6 is 0 Å². The zero-order valence-corrected chi connectivity index (χ0v) is 13.3. The van der Waals surface area contributed by atoms with E-state index in [4.69, 9.17) is 10.7 Å². The molecule has 0 atom stereocenters. The number of aromatic nitrogens is 4. The third kappa shape index (κ3) is 2.45. The molecule has 2 aromatic rings. The number of nitrogens with zero attached hydrogens (tertiary/aromatic N) is 4. The first-order valence-electron chi connectivity index (χ1n) is 7.98. The summed E-state index contributed by atoms with van der Waals surface area (Å²) >= 11 is 0. The maximum Gasteiger partial charge on any atom is 0.131 e. The highest BCUT2D eigenvalue weighted by atomic mass is 15.3. The van der Waals surface area contributed by atoms with Crippen LogP contribution in [-0.4, -0.2) is 19.3 Å². The molecule has 0 unspecified atom stereocenters. The maximum absolute atomic E-state index is 6.39. The quantitative estimate of drug-likeness (QED) is 0.942. The Morgan fingerprint density at radius 3 is 2.57 bits per heavy atom. The van der Waals surface area contributed by atoms with Crippen LogP contribution in [0.25, 0.3) is 11.3 Å². The van der Waals surface area contributed by atoms with Gasteiger partial charge in [0.25, 0.3) is 0 Å². The highest BCUT2D eigenvalue weighted by Crippen LogP contribution is 2.36. The van der Waals surface area contributed by atoms with Gasteiger partial charge in [0.2, 0.25) is 0 Å². The van der Waals surface area contributed by atoms with Crippen molar-refractivity contribution in [2.75, 3.05) is 5.73 Å². The summed E-state index contributed by atoms with van der Waals surface area (Å²) in [6.45, 7) is 5.04. The van der Waals surface area contributed by atoms with Crippen molar-refractivity contribution in [1.82, 2.24) is 19.3 Å². The van der Waals surface area contributed by atoms with Crippen molar-refractivity contribution in [3.05, 3.63) is 17.7 Å². The Balaban J connectivity index is 2.06. The number of hydrogen-bond donors (Lipinski definition) is 1. The lowest BCUT2D eigenvalue weighted by Gasteiger charge is -2.21. The minimum Gasteiger partial charge on any atom is -0.383 e. The van der Waals surface area contributed by atoms with E-state index in [9.17, 15) is 0 Å². The fourth-order valence-electron chi connectivity index (χ4n) is 3.52. The minimum atomic E-state index is 0.562. The average Bonchev–Trinajstić information content (AvgIpc) is 2.99. The number of aryl methyl sites for hydroxylation is 2. The molecule has 114 valence electrons. The molecule has 0 amide bonds. The van der Waals surface area contributed by atoms with E-state index in [1.807, 2.05) is 24.9 Å². The second-order valence-electron chi connectivity index (χ2n) is 6.08. The van der Waals surface area contributed by atoms with Gasteiger partial charge in [0.15, 0.2) is 0 Å². The van der Waals surface area contributed by atoms with E-state index in [1.54, 1.807) is 0 Å². The minimum absolute atomic E-state index is 0.562. The molecule has 0 spiro atoms. The van der Waals surface area contributed by atoms with Gasteiger partial charge < -0.3 is 10.3 Å². The molecule has 1 fully saturated rings. The Bertz CT molecular complexity index is 631. The van der Waals surface area contributed by atoms with Crippen molar-refractivity contribution in [3.8, 4) is 11.3 Å². The highest BCUT2D eigenvalue weighted by Gasteiger charge is 2.25. The van der Waals surface area contributed by atoms with E-state index in [0.29, 0.717) is 5.92 Å². The lowest BCUT2D eigenvalue weighted by Crippen LogP contribution is -2.12. The molecule has 5 heteroatoms. The Morgan fingerprint density at radius 2 is 2.00 bits per heavy atom. The van der Waals surface area contributed by atoms with Crippen molar-refractivity contribution in [2.45, 2.75) is 58.4 Å². The van der Waals surface area contributed by atoms with Crippen LogP contribution in [-0.2, 0) is 13.6 Å². The molecule has 1 aliphatic rings. The molecule has 3 rings (SSSR count). The van der Waals surface area contributed by atoms with Gasteiger partial charge in [-0.05, 0) is 26.7 Å². The summed E-state index contributed by atoms with van der Waals surface area (Å²) in [6, 6.07) is 0. The number of rotatable bonds is 3. The number of nitrogen functional groups attached to an aromatic ring is 1. The SMILES string of the molecule is CCn1c(C2CCCCC2)nc(-c2cn(C)nc2C)c1N. The van der Waals surface area contributed by atoms with Crippen LogP contribution in [0, 0.1) is 6.92 Å². The lowest BCUT2D eigenvalue weighted by atomic mass is 9.88. The molecule has 2 heterocycles. The van der Waals surface area contributed by atoms with Gasteiger partial charge in [-0.3, -0.25) is 4.68 Å². The van der Waals surface area contributed by atoms with Gasteiger partial charge in [-0.15, -0.1) is 0 Å². The summed E-state index contributed by atoms with van der Waals surface area (Å²) in [6.07, 6.45) is 8.46. The average molecular weight is 287 g/mol. The van der Waals surface area contributed by atoms with Crippen LogP contribution in [0.5, 0.6) is 0 Å². The molecule has 1 saturated carbocycles. The fourth-order valence-corrected chi connectivity index (χ4v) is 3.52. The third-order valence-corrected chi connectivity index (χ3v) is 4.59. The van der Waals surface area contributed by atoms with Crippen LogP contribution in [0.15, 0.2) is 6.20 Å². The molecule has 1 aliphatic carbocycles. The summed E-state index contributed by atoms with van der Waals surface area (Å²) in [5, 5.41) is 4.42. The second kappa shape index (κ2) is 5.54. The molecule has 0 radical (unpaired) electrons. The van der Waals surface area contributed by atoms with Crippen LogP contribution in [0.4, 0.5) is 5.82 Å². The van der Waals surface area contributed by atoms with E-state index in [0.717, 1.165) is 29.3 Å². The first-order chi connectivity index (χ1) is 10.1. The standard InChI is InChI=1S/C16H25N5/c1-4-21-15(17)14(13-10-20(3)19-11(13)2)18-16(21)12-8-6-5-7-9-12/h10,12H,4-9,17H2,1-3H3. The van der Waals surface area contributed by atoms with Crippen molar-refractivity contribution in [2.24, 2.45) is 7.05 Å². The summed E-state index contributed by atoms with van der Waals surface area (Å²) in [4.78, 5) is 4.93. The van der Waals surface area contributed by atoms with Gasteiger partial charge in [-0.25, -0.2) is 4.98 Å². The van der Waals surface area contributed by atoms with Gasteiger partial charge in [0, 0.05) is 31.3 Å². The van der Waals surface area contributed by atoms with Gasteiger partial charge in [-0.2, -0.15) is 5.10 Å². The fraction of sp³-hybridized carbons (Fsp3) is 0.625.